The second-order valence-corrected chi connectivity index (χ2v) is 6.11. The topological polar surface area (TPSA) is 32.3 Å². The molecule has 3 rings (SSSR count). The predicted octanol–water partition coefficient (Wildman–Crippen LogP) is 3.62. The van der Waals surface area contributed by atoms with Crippen LogP contribution in [0.1, 0.15) is 31.2 Å². The molecule has 0 atom stereocenters. The third kappa shape index (κ3) is 3.33. The molecular weight excluding hydrogens is 329 g/mol. The van der Waals surface area contributed by atoms with Crippen molar-refractivity contribution in [2.75, 3.05) is 24.5 Å². The normalized spacial score (nSPS) is 21.2. The van der Waals surface area contributed by atoms with Gasteiger partial charge in [0.25, 0.3) is 0 Å². The molecule has 3 nitrogen and oxygen atoms in total. The summed E-state index contributed by atoms with van der Waals surface area (Å²) in [6.07, 6.45) is -1.52. The van der Waals surface area contributed by atoms with Crippen LogP contribution in [0, 0.1) is 5.41 Å². The van der Waals surface area contributed by atoms with Crippen LogP contribution in [0.2, 0.25) is 0 Å². The van der Waals surface area contributed by atoms with Crippen LogP contribution < -0.4 is 10.2 Å². The van der Waals surface area contributed by atoms with Gasteiger partial charge in [0.1, 0.15) is 0 Å². The molecule has 2 saturated heterocycles. The van der Waals surface area contributed by atoms with E-state index in [-0.39, 0.29) is 24.0 Å². The smallest absolute Gasteiger partial charge is 0.317 e. The summed E-state index contributed by atoms with van der Waals surface area (Å²) in [5, 5.41) is 3.22. The number of carbonyl (C=O) groups is 1. The Labute approximate surface area is 139 Å². The summed E-state index contributed by atoms with van der Waals surface area (Å²) in [6, 6.07) is 5.37. The number of rotatable bonds is 1. The third-order valence-corrected chi connectivity index (χ3v) is 4.80. The van der Waals surface area contributed by atoms with E-state index in [9.17, 15) is 18.0 Å². The number of nitrogens with zero attached hydrogens (tertiary/aromatic N) is 1. The number of hydrogen-bond donors (Lipinski definition) is 1. The van der Waals surface area contributed by atoms with Crippen molar-refractivity contribution in [3.63, 3.8) is 0 Å². The molecule has 0 aliphatic carbocycles. The molecule has 23 heavy (non-hydrogen) atoms. The Hall–Kier alpha value is -1.27. The molecule has 1 spiro atoms. The molecule has 0 saturated carbocycles. The lowest BCUT2D eigenvalue weighted by molar-refractivity contribution is -0.137. The van der Waals surface area contributed by atoms with Crippen LogP contribution in [0.3, 0.4) is 0 Å². The standard InChI is InChI=1S/C16H19F3N2O.ClH/c17-16(18,19)12-4-1-2-5-13(12)21-11-3-6-15(14(21)22)7-9-20-10-8-15;/h1-2,4-5,20H,3,6-11H2;1H. The lowest BCUT2D eigenvalue weighted by Gasteiger charge is -2.44. The minimum atomic E-state index is -4.45. The Morgan fingerprint density at radius 1 is 1.09 bits per heavy atom. The summed E-state index contributed by atoms with van der Waals surface area (Å²) in [6.45, 7) is 1.86. The molecule has 0 bridgehead atoms. The minimum Gasteiger partial charge on any atom is -0.317 e. The lowest BCUT2D eigenvalue weighted by atomic mass is 9.72. The highest BCUT2D eigenvalue weighted by Crippen LogP contribution is 2.43. The summed E-state index contributed by atoms with van der Waals surface area (Å²) in [4.78, 5) is 14.3. The molecule has 0 aromatic heterocycles. The van der Waals surface area contributed by atoms with Gasteiger partial charge in [0.05, 0.1) is 16.7 Å². The number of hydrogen-bond acceptors (Lipinski definition) is 2. The molecule has 0 radical (unpaired) electrons. The van der Waals surface area contributed by atoms with E-state index < -0.39 is 17.2 Å². The van der Waals surface area contributed by atoms with E-state index in [2.05, 4.69) is 5.32 Å². The highest BCUT2D eigenvalue weighted by atomic mass is 35.5. The van der Waals surface area contributed by atoms with Crippen molar-refractivity contribution >= 4 is 24.0 Å². The summed E-state index contributed by atoms with van der Waals surface area (Å²) in [5.41, 5.74) is -1.21. The van der Waals surface area contributed by atoms with E-state index in [1.54, 1.807) is 6.07 Å². The van der Waals surface area contributed by atoms with Crippen LogP contribution in [0.4, 0.5) is 18.9 Å². The van der Waals surface area contributed by atoms with Crippen LogP contribution in [0.15, 0.2) is 24.3 Å². The largest absolute Gasteiger partial charge is 0.418 e. The van der Waals surface area contributed by atoms with Crippen LogP contribution in [-0.2, 0) is 11.0 Å². The summed E-state index contributed by atoms with van der Waals surface area (Å²) in [7, 11) is 0. The summed E-state index contributed by atoms with van der Waals surface area (Å²) >= 11 is 0. The van der Waals surface area contributed by atoms with Crippen molar-refractivity contribution in [3.05, 3.63) is 29.8 Å². The highest BCUT2D eigenvalue weighted by molar-refractivity contribution is 5.99. The quantitative estimate of drug-likeness (QED) is 0.840. The fourth-order valence-corrected chi connectivity index (χ4v) is 3.62. The van der Waals surface area contributed by atoms with E-state index >= 15 is 0 Å². The first-order valence-corrected chi connectivity index (χ1v) is 7.63. The van der Waals surface area contributed by atoms with Crippen LogP contribution >= 0.6 is 12.4 Å². The minimum absolute atomic E-state index is 0. The number of nitrogens with one attached hydrogen (secondary N) is 1. The maximum Gasteiger partial charge on any atom is 0.418 e. The van der Waals surface area contributed by atoms with Crippen LogP contribution in [0.5, 0.6) is 0 Å². The molecule has 2 aliphatic heterocycles. The van der Waals surface area contributed by atoms with E-state index in [0.717, 1.165) is 32.0 Å². The maximum absolute atomic E-state index is 13.2. The van der Waals surface area contributed by atoms with Gasteiger partial charge in [-0.3, -0.25) is 4.79 Å². The van der Waals surface area contributed by atoms with Gasteiger partial charge in [0.2, 0.25) is 5.91 Å². The molecule has 1 N–H and O–H groups in total. The number of anilines is 1. The predicted molar refractivity (Wildman–Crippen MR) is 84.8 cm³/mol. The fraction of sp³-hybridized carbons (Fsp3) is 0.562. The number of para-hydroxylation sites is 1. The number of halogens is 4. The van der Waals surface area contributed by atoms with Crippen molar-refractivity contribution in [2.24, 2.45) is 5.41 Å². The molecule has 2 heterocycles. The summed E-state index contributed by atoms with van der Waals surface area (Å²) < 4.78 is 39.6. The SMILES string of the molecule is Cl.O=C1N(c2ccccc2C(F)(F)F)CCCC12CCNCC2. The fourth-order valence-electron chi connectivity index (χ4n) is 3.62. The van der Waals surface area contributed by atoms with Crippen molar-refractivity contribution in [3.8, 4) is 0 Å². The van der Waals surface area contributed by atoms with E-state index in [4.69, 9.17) is 0 Å². The Kier molecular flexibility index (Phi) is 5.26. The molecule has 2 aliphatic rings. The summed E-state index contributed by atoms with van der Waals surface area (Å²) in [5.74, 6) is -0.142. The second kappa shape index (κ2) is 6.69. The van der Waals surface area contributed by atoms with Crippen molar-refractivity contribution in [1.82, 2.24) is 5.32 Å². The van der Waals surface area contributed by atoms with E-state index in [0.29, 0.717) is 19.4 Å². The van der Waals surface area contributed by atoms with Gasteiger partial charge in [-0.05, 0) is 50.9 Å². The highest BCUT2D eigenvalue weighted by Gasteiger charge is 2.46. The Bertz CT molecular complexity index is 565. The first-order valence-electron chi connectivity index (χ1n) is 7.63. The molecule has 1 aromatic carbocycles. The molecule has 2 fully saturated rings. The molecule has 1 amide bonds. The monoisotopic (exact) mass is 348 g/mol. The average Bonchev–Trinajstić information content (AvgIpc) is 2.50. The van der Waals surface area contributed by atoms with Crippen molar-refractivity contribution < 1.29 is 18.0 Å². The zero-order valence-corrected chi connectivity index (χ0v) is 13.5. The number of alkyl halides is 3. The van der Waals surface area contributed by atoms with Crippen molar-refractivity contribution in [1.29, 1.82) is 0 Å². The zero-order chi connectivity index (χ0) is 15.8. The van der Waals surface area contributed by atoms with E-state index in [1.165, 1.54) is 17.0 Å². The average molecular weight is 349 g/mol. The van der Waals surface area contributed by atoms with E-state index in [1.807, 2.05) is 0 Å². The van der Waals surface area contributed by atoms with Gasteiger partial charge in [-0.25, -0.2) is 0 Å². The van der Waals surface area contributed by atoms with Gasteiger partial charge in [0.15, 0.2) is 0 Å². The van der Waals surface area contributed by atoms with Gasteiger partial charge < -0.3 is 10.2 Å². The van der Waals surface area contributed by atoms with Gasteiger partial charge in [0, 0.05) is 6.54 Å². The van der Waals surface area contributed by atoms with Gasteiger partial charge in [-0.15, -0.1) is 12.4 Å². The molecule has 7 heteroatoms. The number of amides is 1. The van der Waals surface area contributed by atoms with Crippen LogP contribution in [0.25, 0.3) is 0 Å². The first kappa shape index (κ1) is 18.1. The Morgan fingerprint density at radius 3 is 2.39 bits per heavy atom. The van der Waals surface area contributed by atoms with Crippen molar-refractivity contribution in [2.45, 2.75) is 31.9 Å². The Balaban J connectivity index is 0.00000192. The molecule has 1 aromatic rings. The van der Waals surface area contributed by atoms with Gasteiger partial charge >= 0.3 is 6.18 Å². The lowest BCUT2D eigenvalue weighted by Crippen LogP contribution is -2.53. The van der Waals surface area contributed by atoms with Gasteiger partial charge in [-0.2, -0.15) is 13.2 Å². The number of carbonyl (C=O) groups excluding carboxylic acids is 1. The second-order valence-electron chi connectivity index (χ2n) is 6.11. The number of benzene rings is 1. The zero-order valence-electron chi connectivity index (χ0n) is 12.7. The molecular formula is C16H20ClF3N2O. The maximum atomic E-state index is 13.2. The first-order chi connectivity index (χ1) is 10.4. The number of piperidine rings is 2. The van der Waals surface area contributed by atoms with Crippen LogP contribution in [-0.4, -0.2) is 25.5 Å². The molecule has 128 valence electrons. The molecule has 0 unspecified atom stereocenters. The van der Waals surface area contributed by atoms with Gasteiger partial charge in [-0.1, -0.05) is 12.1 Å². The third-order valence-electron chi connectivity index (χ3n) is 4.80. The Morgan fingerprint density at radius 2 is 1.74 bits per heavy atom.